The molecule has 2 aromatic rings. The van der Waals surface area contributed by atoms with Gasteiger partial charge >= 0.3 is 0 Å². The van der Waals surface area contributed by atoms with Crippen molar-refractivity contribution >= 4 is 17.7 Å². The van der Waals surface area contributed by atoms with Gasteiger partial charge in [0.05, 0.1) is 0 Å². The second-order valence-corrected chi connectivity index (χ2v) is 5.57. The molecule has 0 aliphatic carbocycles. The van der Waals surface area contributed by atoms with Gasteiger partial charge in [-0.25, -0.2) is 4.98 Å². The molecule has 5 heteroatoms. The normalized spacial score (nSPS) is 10.4. The van der Waals surface area contributed by atoms with Gasteiger partial charge in [-0.3, -0.25) is 4.79 Å². The molecule has 0 atom stereocenters. The third-order valence-corrected chi connectivity index (χ3v) is 3.90. The van der Waals surface area contributed by atoms with Gasteiger partial charge in [-0.05, 0) is 24.3 Å². The number of rotatable bonds is 8. The molecule has 0 fully saturated rings. The molecule has 0 saturated carbocycles. The van der Waals surface area contributed by atoms with E-state index in [1.165, 1.54) is 4.90 Å². The summed E-state index contributed by atoms with van der Waals surface area (Å²) in [5.74, 6) is 1.99. The predicted octanol–water partition coefficient (Wildman–Crippen LogP) is 2.64. The van der Waals surface area contributed by atoms with Gasteiger partial charge in [-0.15, -0.1) is 11.8 Å². The van der Waals surface area contributed by atoms with Crippen molar-refractivity contribution in [3.63, 3.8) is 0 Å². The maximum Gasteiger partial charge on any atom is 0.220 e. The Bertz CT molecular complexity index is 499. The number of imidazole rings is 1. The number of benzene rings is 1. The molecule has 0 aliphatic rings. The lowest BCUT2D eigenvalue weighted by Crippen LogP contribution is -2.25. The first-order valence-electron chi connectivity index (χ1n) is 6.77. The SMILES string of the molecule is O=C(CCCSc1ccccc1)NCCc1ncc[nH]1. The maximum atomic E-state index is 11.6. The van der Waals surface area contributed by atoms with Gasteiger partial charge in [-0.1, -0.05) is 18.2 Å². The van der Waals surface area contributed by atoms with E-state index in [0.29, 0.717) is 13.0 Å². The van der Waals surface area contributed by atoms with Crippen LogP contribution in [0.4, 0.5) is 0 Å². The van der Waals surface area contributed by atoms with E-state index in [1.54, 1.807) is 24.2 Å². The Morgan fingerprint density at radius 1 is 1.30 bits per heavy atom. The maximum absolute atomic E-state index is 11.6. The number of aromatic amines is 1. The van der Waals surface area contributed by atoms with Crippen molar-refractivity contribution in [1.29, 1.82) is 0 Å². The van der Waals surface area contributed by atoms with Gasteiger partial charge in [0, 0.05) is 36.7 Å². The van der Waals surface area contributed by atoms with Gasteiger partial charge < -0.3 is 10.3 Å². The molecule has 4 nitrogen and oxygen atoms in total. The van der Waals surface area contributed by atoms with E-state index in [4.69, 9.17) is 0 Å². The summed E-state index contributed by atoms with van der Waals surface area (Å²) >= 11 is 1.79. The summed E-state index contributed by atoms with van der Waals surface area (Å²) < 4.78 is 0. The molecule has 0 aliphatic heterocycles. The van der Waals surface area contributed by atoms with Crippen LogP contribution in [0, 0.1) is 0 Å². The van der Waals surface area contributed by atoms with Crippen LogP contribution in [-0.4, -0.2) is 28.2 Å². The molecule has 1 aromatic heterocycles. The van der Waals surface area contributed by atoms with Crippen LogP contribution in [0.2, 0.25) is 0 Å². The van der Waals surface area contributed by atoms with Gasteiger partial charge in [0.15, 0.2) is 0 Å². The fourth-order valence-corrected chi connectivity index (χ4v) is 2.66. The summed E-state index contributed by atoms with van der Waals surface area (Å²) in [4.78, 5) is 20.0. The highest BCUT2D eigenvalue weighted by Crippen LogP contribution is 2.18. The minimum Gasteiger partial charge on any atom is -0.356 e. The minimum absolute atomic E-state index is 0.116. The number of nitrogens with zero attached hydrogens (tertiary/aromatic N) is 1. The van der Waals surface area contributed by atoms with Crippen LogP contribution in [0.25, 0.3) is 0 Å². The first-order chi connectivity index (χ1) is 9.84. The zero-order valence-corrected chi connectivity index (χ0v) is 12.2. The number of carbonyl (C=O) groups excluding carboxylic acids is 1. The standard InChI is InChI=1S/C15H19N3OS/c19-15(18-9-8-14-16-10-11-17-14)7-4-12-20-13-5-2-1-3-6-13/h1-3,5-6,10-11H,4,7-9,12H2,(H,16,17)(H,18,19). The fraction of sp³-hybridized carbons (Fsp3) is 0.333. The highest BCUT2D eigenvalue weighted by atomic mass is 32.2. The topological polar surface area (TPSA) is 57.8 Å². The lowest BCUT2D eigenvalue weighted by atomic mass is 10.3. The highest BCUT2D eigenvalue weighted by molar-refractivity contribution is 7.99. The van der Waals surface area contributed by atoms with Crippen molar-refractivity contribution in [3.8, 4) is 0 Å². The Morgan fingerprint density at radius 2 is 2.15 bits per heavy atom. The summed E-state index contributed by atoms with van der Waals surface area (Å²) in [5.41, 5.74) is 0. The molecule has 0 unspecified atom stereocenters. The zero-order valence-electron chi connectivity index (χ0n) is 11.3. The van der Waals surface area contributed by atoms with Crippen molar-refractivity contribution in [3.05, 3.63) is 48.5 Å². The Labute approximate surface area is 123 Å². The zero-order chi connectivity index (χ0) is 14.0. The molecular formula is C15H19N3OS. The molecular weight excluding hydrogens is 270 g/mol. The lowest BCUT2D eigenvalue weighted by Gasteiger charge is -2.04. The summed E-state index contributed by atoms with van der Waals surface area (Å²) in [6.07, 6.45) is 5.73. The van der Waals surface area contributed by atoms with Gasteiger partial charge in [0.2, 0.25) is 5.91 Å². The van der Waals surface area contributed by atoms with Crippen LogP contribution in [0.1, 0.15) is 18.7 Å². The minimum atomic E-state index is 0.116. The number of hydrogen-bond donors (Lipinski definition) is 2. The first kappa shape index (κ1) is 14.7. The Kier molecular flexibility index (Phi) is 6.17. The van der Waals surface area contributed by atoms with E-state index in [2.05, 4.69) is 27.4 Å². The Morgan fingerprint density at radius 3 is 2.90 bits per heavy atom. The summed E-state index contributed by atoms with van der Waals surface area (Å²) in [5, 5.41) is 2.91. The van der Waals surface area contributed by atoms with Gasteiger partial charge in [0.1, 0.15) is 5.82 Å². The van der Waals surface area contributed by atoms with Gasteiger partial charge in [0.25, 0.3) is 0 Å². The van der Waals surface area contributed by atoms with Crippen LogP contribution >= 0.6 is 11.8 Å². The summed E-state index contributed by atoms with van der Waals surface area (Å²) in [7, 11) is 0. The van der Waals surface area contributed by atoms with E-state index in [9.17, 15) is 4.79 Å². The molecule has 0 bridgehead atoms. The second-order valence-electron chi connectivity index (χ2n) is 4.40. The average molecular weight is 289 g/mol. The summed E-state index contributed by atoms with van der Waals surface area (Å²) in [6, 6.07) is 10.3. The number of aromatic nitrogens is 2. The molecule has 2 rings (SSSR count). The van der Waals surface area contributed by atoms with E-state index in [1.807, 2.05) is 18.2 Å². The molecule has 0 radical (unpaired) electrons. The van der Waals surface area contributed by atoms with E-state index in [-0.39, 0.29) is 5.91 Å². The lowest BCUT2D eigenvalue weighted by molar-refractivity contribution is -0.121. The number of nitrogens with one attached hydrogen (secondary N) is 2. The van der Waals surface area contributed by atoms with Crippen LogP contribution in [0.5, 0.6) is 0 Å². The molecule has 1 aromatic carbocycles. The number of H-pyrrole nitrogens is 1. The van der Waals surface area contributed by atoms with Crippen LogP contribution in [0.3, 0.4) is 0 Å². The molecule has 20 heavy (non-hydrogen) atoms. The van der Waals surface area contributed by atoms with E-state index < -0.39 is 0 Å². The molecule has 2 N–H and O–H groups in total. The largest absolute Gasteiger partial charge is 0.356 e. The van der Waals surface area contributed by atoms with Crippen molar-refractivity contribution < 1.29 is 4.79 Å². The number of carbonyl (C=O) groups is 1. The fourth-order valence-electron chi connectivity index (χ4n) is 1.78. The predicted molar refractivity (Wildman–Crippen MR) is 81.7 cm³/mol. The van der Waals surface area contributed by atoms with Crippen LogP contribution < -0.4 is 5.32 Å². The quantitative estimate of drug-likeness (QED) is 0.580. The van der Waals surface area contributed by atoms with Crippen molar-refractivity contribution in [2.45, 2.75) is 24.2 Å². The monoisotopic (exact) mass is 289 g/mol. The Balaban J connectivity index is 1.52. The van der Waals surface area contributed by atoms with Gasteiger partial charge in [-0.2, -0.15) is 0 Å². The molecule has 1 heterocycles. The third-order valence-electron chi connectivity index (χ3n) is 2.80. The average Bonchev–Trinajstić information content (AvgIpc) is 2.98. The smallest absolute Gasteiger partial charge is 0.220 e. The summed E-state index contributed by atoms with van der Waals surface area (Å²) in [6.45, 7) is 0.637. The van der Waals surface area contributed by atoms with E-state index >= 15 is 0 Å². The third kappa shape index (κ3) is 5.48. The van der Waals surface area contributed by atoms with Crippen molar-refractivity contribution in [1.82, 2.24) is 15.3 Å². The van der Waals surface area contributed by atoms with Crippen molar-refractivity contribution in [2.24, 2.45) is 0 Å². The van der Waals surface area contributed by atoms with Crippen LogP contribution in [0.15, 0.2) is 47.6 Å². The second kappa shape index (κ2) is 8.43. The number of hydrogen-bond acceptors (Lipinski definition) is 3. The van der Waals surface area contributed by atoms with Crippen molar-refractivity contribution in [2.75, 3.05) is 12.3 Å². The van der Waals surface area contributed by atoms with E-state index in [0.717, 1.165) is 24.4 Å². The molecule has 1 amide bonds. The number of amides is 1. The Hall–Kier alpha value is -1.75. The number of thioether (sulfide) groups is 1. The molecule has 106 valence electrons. The first-order valence-corrected chi connectivity index (χ1v) is 7.76. The highest BCUT2D eigenvalue weighted by Gasteiger charge is 2.02. The van der Waals surface area contributed by atoms with Crippen LogP contribution in [-0.2, 0) is 11.2 Å². The molecule has 0 spiro atoms. The molecule has 0 saturated heterocycles.